The zero-order valence-corrected chi connectivity index (χ0v) is 18.0. The van der Waals surface area contributed by atoms with Crippen LogP contribution < -0.4 is 0 Å². The predicted molar refractivity (Wildman–Crippen MR) is 112 cm³/mol. The van der Waals surface area contributed by atoms with Crippen LogP contribution >= 0.6 is 0 Å². The van der Waals surface area contributed by atoms with E-state index >= 15 is 0 Å². The molecule has 148 valence electrons. The Balaban J connectivity index is 2.69. The molecule has 26 heavy (non-hydrogen) atoms. The van der Waals surface area contributed by atoms with E-state index in [0.29, 0.717) is 19.8 Å². The first kappa shape index (κ1) is 23.1. The number of aryl methyl sites for hydroxylation is 1. The summed E-state index contributed by atoms with van der Waals surface area (Å²) in [5.41, 5.74) is 3.48. The van der Waals surface area contributed by atoms with Gasteiger partial charge in [-0.1, -0.05) is 76.4 Å². The summed E-state index contributed by atoms with van der Waals surface area (Å²) in [6.45, 7) is 8.67. The lowest BCUT2D eigenvalue weighted by molar-refractivity contribution is 0.0684. The highest BCUT2D eigenvalue weighted by molar-refractivity contribution is 6.66. The van der Waals surface area contributed by atoms with Crippen LogP contribution in [0.15, 0.2) is 42.1 Å². The standard InChI is InChI=1S/C22H38O3Si/c1-4-7-18-23-26(24-19-8-5-2,25-20-9-6-3)21-14-13-17-22-15-11-10-12-16-22/h10-12,14-16,21H,4-9,13,17-20H2,1-3H3. The molecule has 1 aromatic rings. The van der Waals surface area contributed by atoms with E-state index in [-0.39, 0.29) is 0 Å². The maximum absolute atomic E-state index is 6.22. The molecule has 0 spiro atoms. The summed E-state index contributed by atoms with van der Waals surface area (Å²) < 4.78 is 18.7. The lowest BCUT2D eigenvalue weighted by Gasteiger charge is -2.27. The van der Waals surface area contributed by atoms with Gasteiger partial charge in [-0.15, -0.1) is 0 Å². The summed E-state index contributed by atoms with van der Waals surface area (Å²) >= 11 is 0. The van der Waals surface area contributed by atoms with Crippen LogP contribution in [0.2, 0.25) is 0 Å². The quantitative estimate of drug-likeness (QED) is 0.257. The molecule has 0 amide bonds. The van der Waals surface area contributed by atoms with E-state index in [0.717, 1.165) is 51.4 Å². The van der Waals surface area contributed by atoms with Crippen LogP contribution in [0.3, 0.4) is 0 Å². The maximum Gasteiger partial charge on any atom is 0.529 e. The van der Waals surface area contributed by atoms with Gasteiger partial charge < -0.3 is 13.3 Å². The molecule has 0 radical (unpaired) electrons. The molecule has 0 saturated heterocycles. The minimum Gasteiger partial charge on any atom is -0.370 e. The summed E-state index contributed by atoms with van der Waals surface area (Å²) in [5.74, 6) is 0. The molecule has 0 aromatic heterocycles. The number of benzene rings is 1. The van der Waals surface area contributed by atoms with Gasteiger partial charge in [-0.3, -0.25) is 0 Å². The van der Waals surface area contributed by atoms with Gasteiger partial charge in [0.2, 0.25) is 0 Å². The number of hydrogen-bond acceptors (Lipinski definition) is 3. The van der Waals surface area contributed by atoms with Crippen LogP contribution in [0.25, 0.3) is 0 Å². The van der Waals surface area contributed by atoms with Crippen LogP contribution in [0.1, 0.15) is 71.3 Å². The Bertz CT molecular complexity index is 435. The fourth-order valence-electron chi connectivity index (χ4n) is 2.47. The van der Waals surface area contributed by atoms with Crippen molar-refractivity contribution in [3.8, 4) is 0 Å². The van der Waals surface area contributed by atoms with Crippen molar-refractivity contribution in [3.05, 3.63) is 47.7 Å². The topological polar surface area (TPSA) is 27.7 Å². The molecular weight excluding hydrogens is 340 g/mol. The summed E-state index contributed by atoms with van der Waals surface area (Å²) in [7, 11) is -2.73. The van der Waals surface area contributed by atoms with Gasteiger partial charge >= 0.3 is 8.80 Å². The van der Waals surface area contributed by atoms with Gasteiger partial charge in [0, 0.05) is 19.8 Å². The molecule has 0 bridgehead atoms. The third-order valence-corrected chi connectivity index (χ3v) is 6.63. The molecule has 3 nitrogen and oxygen atoms in total. The van der Waals surface area contributed by atoms with Gasteiger partial charge in [-0.25, -0.2) is 0 Å². The molecule has 1 rings (SSSR count). The van der Waals surface area contributed by atoms with E-state index in [1.807, 2.05) is 0 Å². The molecule has 0 fully saturated rings. The molecular formula is C22H38O3Si. The van der Waals surface area contributed by atoms with Crippen LogP contribution in [0.4, 0.5) is 0 Å². The zero-order valence-electron chi connectivity index (χ0n) is 17.0. The second-order valence-electron chi connectivity index (χ2n) is 6.64. The Hall–Kier alpha value is -0.943. The van der Waals surface area contributed by atoms with Gasteiger partial charge in [0.1, 0.15) is 0 Å². The highest BCUT2D eigenvalue weighted by Gasteiger charge is 2.38. The van der Waals surface area contributed by atoms with Gasteiger partial charge in [0.15, 0.2) is 0 Å². The smallest absolute Gasteiger partial charge is 0.370 e. The lowest BCUT2D eigenvalue weighted by atomic mass is 10.1. The summed E-state index contributed by atoms with van der Waals surface area (Å²) in [4.78, 5) is 0. The van der Waals surface area contributed by atoms with Crippen molar-refractivity contribution >= 4 is 8.80 Å². The molecule has 0 aliphatic heterocycles. The van der Waals surface area contributed by atoms with Crippen LogP contribution in [0, 0.1) is 0 Å². The average Bonchev–Trinajstić information content (AvgIpc) is 2.67. The van der Waals surface area contributed by atoms with E-state index in [2.05, 4.69) is 62.9 Å². The summed E-state index contributed by atoms with van der Waals surface area (Å²) in [5, 5.41) is 0. The molecule has 0 aliphatic rings. The number of allylic oxidation sites excluding steroid dienone is 1. The van der Waals surface area contributed by atoms with Crippen molar-refractivity contribution in [2.24, 2.45) is 0 Å². The molecule has 1 aromatic carbocycles. The minimum atomic E-state index is -2.73. The van der Waals surface area contributed by atoms with Crippen molar-refractivity contribution in [2.75, 3.05) is 19.8 Å². The molecule has 4 heteroatoms. The second kappa shape index (κ2) is 15.1. The summed E-state index contributed by atoms with van der Waals surface area (Å²) in [6.07, 6.45) is 10.7. The SMILES string of the molecule is CCCCO[Si](C=CCCc1ccccc1)(OCCCC)OCCCC. The van der Waals surface area contributed by atoms with Crippen molar-refractivity contribution < 1.29 is 13.3 Å². The van der Waals surface area contributed by atoms with E-state index in [1.165, 1.54) is 5.56 Å². The monoisotopic (exact) mass is 378 g/mol. The van der Waals surface area contributed by atoms with E-state index in [1.54, 1.807) is 0 Å². The Morgan fingerprint density at radius 1 is 0.769 bits per heavy atom. The third kappa shape index (κ3) is 10.3. The van der Waals surface area contributed by atoms with Gasteiger partial charge in [0.25, 0.3) is 0 Å². The molecule has 0 aliphatic carbocycles. The minimum absolute atomic E-state index is 0.712. The number of hydrogen-bond donors (Lipinski definition) is 0. The molecule has 0 saturated carbocycles. The van der Waals surface area contributed by atoms with Crippen LogP contribution in [-0.4, -0.2) is 28.6 Å². The molecule has 0 atom stereocenters. The normalized spacial score (nSPS) is 12.1. The highest BCUT2D eigenvalue weighted by atomic mass is 28.4. The van der Waals surface area contributed by atoms with E-state index in [9.17, 15) is 0 Å². The number of rotatable bonds is 16. The fourth-order valence-corrected chi connectivity index (χ4v) is 4.75. The van der Waals surface area contributed by atoms with Crippen molar-refractivity contribution in [3.63, 3.8) is 0 Å². The summed E-state index contributed by atoms with van der Waals surface area (Å²) in [6, 6.07) is 10.6. The Kier molecular flexibility index (Phi) is 13.5. The predicted octanol–water partition coefficient (Wildman–Crippen LogP) is 6.10. The third-order valence-electron chi connectivity index (χ3n) is 4.17. The van der Waals surface area contributed by atoms with Crippen molar-refractivity contribution in [2.45, 2.75) is 72.1 Å². The Labute approximate surface area is 162 Å². The number of unbranched alkanes of at least 4 members (excludes halogenated alkanes) is 3. The molecule has 0 heterocycles. The van der Waals surface area contributed by atoms with Gasteiger partial charge in [-0.2, -0.15) is 0 Å². The first-order valence-electron chi connectivity index (χ1n) is 10.4. The first-order valence-corrected chi connectivity index (χ1v) is 12.2. The Morgan fingerprint density at radius 2 is 1.27 bits per heavy atom. The largest absolute Gasteiger partial charge is 0.529 e. The van der Waals surface area contributed by atoms with E-state index < -0.39 is 8.80 Å². The maximum atomic E-state index is 6.22. The van der Waals surface area contributed by atoms with Crippen molar-refractivity contribution in [1.29, 1.82) is 0 Å². The Morgan fingerprint density at radius 3 is 1.73 bits per heavy atom. The average molecular weight is 379 g/mol. The zero-order chi connectivity index (χ0) is 18.9. The molecule has 0 N–H and O–H groups in total. The lowest BCUT2D eigenvalue weighted by Crippen LogP contribution is -2.45. The second-order valence-corrected chi connectivity index (χ2v) is 9.04. The highest BCUT2D eigenvalue weighted by Crippen LogP contribution is 2.16. The van der Waals surface area contributed by atoms with E-state index in [4.69, 9.17) is 13.3 Å². The van der Waals surface area contributed by atoms with Crippen molar-refractivity contribution in [1.82, 2.24) is 0 Å². The first-order chi connectivity index (χ1) is 12.8. The van der Waals surface area contributed by atoms with Gasteiger partial charge in [0.05, 0.1) is 0 Å². The van der Waals surface area contributed by atoms with Crippen LogP contribution in [0.5, 0.6) is 0 Å². The van der Waals surface area contributed by atoms with Crippen LogP contribution in [-0.2, 0) is 19.7 Å². The molecule has 0 unspecified atom stereocenters. The van der Waals surface area contributed by atoms with Gasteiger partial charge in [-0.05, 0) is 43.4 Å². The fraction of sp³-hybridized carbons (Fsp3) is 0.636.